The molecule has 1 atom stereocenters. The molecule has 2 fully saturated rings. The molecule has 1 unspecified atom stereocenters. The summed E-state index contributed by atoms with van der Waals surface area (Å²) in [4.78, 5) is 27.6. The first-order valence-electron chi connectivity index (χ1n) is 9.71. The molecule has 0 saturated carbocycles. The molecule has 0 radical (unpaired) electrons. The molecule has 152 valence electrons. The van der Waals surface area contributed by atoms with E-state index in [1.807, 2.05) is 0 Å². The number of amides is 2. The van der Waals surface area contributed by atoms with Crippen LogP contribution in [0.3, 0.4) is 0 Å². The van der Waals surface area contributed by atoms with E-state index in [-0.39, 0.29) is 17.6 Å². The van der Waals surface area contributed by atoms with Crippen molar-refractivity contribution in [1.29, 1.82) is 0 Å². The van der Waals surface area contributed by atoms with Crippen LogP contribution in [0.1, 0.15) is 24.8 Å². The predicted octanol–water partition coefficient (Wildman–Crippen LogP) is 3.65. The Balaban J connectivity index is 1.53. The Morgan fingerprint density at radius 1 is 1.10 bits per heavy atom. The maximum absolute atomic E-state index is 13.4. The van der Waals surface area contributed by atoms with Gasteiger partial charge in [-0.25, -0.2) is 4.39 Å². The van der Waals surface area contributed by atoms with Gasteiger partial charge < -0.3 is 15.0 Å². The van der Waals surface area contributed by atoms with Crippen LogP contribution in [-0.4, -0.2) is 31.6 Å². The molecule has 2 aromatic carbocycles. The lowest BCUT2D eigenvalue weighted by Gasteiger charge is -2.39. The molecule has 1 N–H and O–H groups in total. The smallest absolute Gasteiger partial charge is 0.239 e. The number of anilines is 1. The fourth-order valence-corrected chi connectivity index (χ4v) is 4.22. The Bertz CT molecular complexity index is 895. The zero-order chi connectivity index (χ0) is 20.4. The topological polar surface area (TPSA) is 58.6 Å². The van der Waals surface area contributed by atoms with Crippen LogP contribution in [-0.2, 0) is 19.9 Å². The highest BCUT2D eigenvalue weighted by molar-refractivity contribution is 6.30. The van der Waals surface area contributed by atoms with Gasteiger partial charge in [0.25, 0.3) is 0 Å². The highest BCUT2D eigenvalue weighted by Crippen LogP contribution is 2.34. The molecule has 7 heteroatoms. The number of hydrogen-bond acceptors (Lipinski definition) is 3. The standard InChI is InChI=1S/C22H22ClFN2O3/c23-16-3-7-18(8-4-16)26-12-9-19(21(26)28)20(27)25-22(10-13-29-14-11-22)15-1-5-17(24)6-2-15/h1-8,19H,9-14H2,(H,25,27). The number of hydrogen-bond donors (Lipinski definition) is 1. The number of ether oxygens (including phenoxy) is 1. The first-order valence-corrected chi connectivity index (χ1v) is 10.1. The lowest BCUT2D eigenvalue weighted by molar-refractivity contribution is -0.134. The predicted molar refractivity (Wildman–Crippen MR) is 108 cm³/mol. The second-order valence-electron chi connectivity index (χ2n) is 7.50. The molecule has 4 rings (SSSR count). The van der Waals surface area contributed by atoms with E-state index in [9.17, 15) is 14.0 Å². The fourth-order valence-electron chi connectivity index (χ4n) is 4.10. The average Bonchev–Trinajstić information content (AvgIpc) is 3.11. The normalized spacial score (nSPS) is 21.2. The SMILES string of the molecule is O=C(NC1(c2ccc(F)cc2)CCOCC1)C1CCN(c2ccc(Cl)cc2)C1=O. The zero-order valence-corrected chi connectivity index (χ0v) is 16.6. The highest BCUT2D eigenvalue weighted by Gasteiger charge is 2.42. The summed E-state index contributed by atoms with van der Waals surface area (Å²) in [5, 5.41) is 3.70. The molecular formula is C22H22ClFN2O3. The molecule has 0 bridgehead atoms. The van der Waals surface area contributed by atoms with Gasteiger partial charge in [0, 0.05) is 30.5 Å². The molecule has 2 aliphatic heterocycles. The van der Waals surface area contributed by atoms with E-state index in [2.05, 4.69) is 5.32 Å². The molecule has 2 saturated heterocycles. The Hall–Kier alpha value is -2.44. The van der Waals surface area contributed by atoms with Crippen LogP contribution >= 0.6 is 11.6 Å². The van der Waals surface area contributed by atoms with Gasteiger partial charge in [-0.3, -0.25) is 9.59 Å². The summed E-state index contributed by atoms with van der Waals surface area (Å²) in [7, 11) is 0. The van der Waals surface area contributed by atoms with Crippen LogP contribution in [0.4, 0.5) is 10.1 Å². The second kappa shape index (κ2) is 8.13. The Labute approximate surface area is 173 Å². The maximum Gasteiger partial charge on any atom is 0.239 e. The van der Waals surface area contributed by atoms with E-state index in [0.29, 0.717) is 44.0 Å². The minimum Gasteiger partial charge on any atom is -0.381 e. The van der Waals surface area contributed by atoms with E-state index in [4.69, 9.17) is 16.3 Å². The number of benzene rings is 2. The molecular weight excluding hydrogens is 395 g/mol. The lowest BCUT2D eigenvalue weighted by Crippen LogP contribution is -2.52. The molecule has 2 aromatic rings. The van der Waals surface area contributed by atoms with Crippen molar-refractivity contribution >= 4 is 29.1 Å². The summed E-state index contributed by atoms with van der Waals surface area (Å²) in [6.45, 7) is 1.46. The van der Waals surface area contributed by atoms with E-state index in [1.54, 1.807) is 41.3 Å². The van der Waals surface area contributed by atoms with Crippen molar-refractivity contribution in [2.45, 2.75) is 24.8 Å². The van der Waals surface area contributed by atoms with Crippen LogP contribution in [0.5, 0.6) is 0 Å². The number of halogens is 2. The third-order valence-corrected chi connectivity index (χ3v) is 6.02. The quantitative estimate of drug-likeness (QED) is 0.774. The number of carbonyl (C=O) groups is 2. The van der Waals surface area contributed by atoms with Crippen molar-refractivity contribution in [2.24, 2.45) is 5.92 Å². The van der Waals surface area contributed by atoms with Crippen LogP contribution in [0.2, 0.25) is 5.02 Å². The lowest BCUT2D eigenvalue weighted by atomic mass is 9.82. The zero-order valence-electron chi connectivity index (χ0n) is 15.9. The van der Waals surface area contributed by atoms with E-state index in [0.717, 1.165) is 11.3 Å². The molecule has 2 heterocycles. The summed E-state index contributed by atoms with van der Waals surface area (Å²) in [5.41, 5.74) is 0.904. The minimum absolute atomic E-state index is 0.217. The Morgan fingerprint density at radius 3 is 2.41 bits per heavy atom. The van der Waals surface area contributed by atoms with Crippen molar-refractivity contribution in [2.75, 3.05) is 24.7 Å². The molecule has 5 nitrogen and oxygen atoms in total. The summed E-state index contributed by atoms with van der Waals surface area (Å²) in [6.07, 6.45) is 1.60. The monoisotopic (exact) mass is 416 g/mol. The van der Waals surface area contributed by atoms with E-state index in [1.165, 1.54) is 12.1 Å². The molecule has 0 aromatic heterocycles. The van der Waals surface area contributed by atoms with Gasteiger partial charge in [-0.2, -0.15) is 0 Å². The number of carbonyl (C=O) groups excluding carboxylic acids is 2. The minimum atomic E-state index is -0.745. The third kappa shape index (κ3) is 4.00. The molecule has 2 aliphatic rings. The van der Waals surface area contributed by atoms with Crippen molar-refractivity contribution in [3.63, 3.8) is 0 Å². The van der Waals surface area contributed by atoms with Crippen LogP contribution < -0.4 is 10.2 Å². The molecule has 0 spiro atoms. The Kier molecular flexibility index (Phi) is 5.56. The van der Waals surface area contributed by atoms with Gasteiger partial charge in [-0.05, 0) is 61.2 Å². The van der Waals surface area contributed by atoms with Gasteiger partial charge in [-0.1, -0.05) is 23.7 Å². The first kappa shape index (κ1) is 19.9. The first-order chi connectivity index (χ1) is 14.0. The summed E-state index contributed by atoms with van der Waals surface area (Å²) in [6, 6.07) is 13.2. The summed E-state index contributed by atoms with van der Waals surface area (Å²) in [5.74, 6) is -1.58. The van der Waals surface area contributed by atoms with Gasteiger partial charge in [0.15, 0.2) is 0 Å². The van der Waals surface area contributed by atoms with Gasteiger partial charge in [0.05, 0.1) is 5.54 Å². The summed E-state index contributed by atoms with van der Waals surface area (Å²) < 4.78 is 18.9. The molecule has 0 aliphatic carbocycles. The Morgan fingerprint density at radius 2 is 1.76 bits per heavy atom. The van der Waals surface area contributed by atoms with Gasteiger partial charge >= 0.3 is 0 Å². The largest absolute Gasteiger partial charge is 0.381 e. The molecule has 29 heavy (non-hydrogen) atoms. The van der Waals surface area contributed by atoms with Gasteiger partial charge in [-0.15, -0.1) is 0 Å². The van der Waals surface area contributed by atoms with Crippen LogP contribution in [0, 0.1) is 11.7 Å². The highest BCUT2D eigenvalue weighted by atomic mass is 35.5. The van der Waals surface area contributed by atoms with Crippen molar-refractivity contribution in [3.8, 4) is 0 Å². The van der Waals surface area contributed by atoms with Gasteiger partial charge in [0.1, 0.15) is 11.7 Å². The summed E-state index contributed by atoms with van der Waals surface area (Å²) >= 11 is 5.92. The average molecular weight is 417 g/mol. The van der Waals surface area contributed by atoms with Crippen LogP contribution in [0.25, 0.3) is 0 Å². The fraction of sp³-hybridized carbons (Fsp3) is 0.364. The van der Waals surface area contributed by atoms with Crippen molar-refractivity contribution in [3.05, 3.63) is 64.9 Å². The van der Waals surface area contributed by atoms with E-state index >= 15 is 0 Å². The van der Waals surface area contributed by atoms with Crippen LogP contribution in [0.15, 0.2) is 48.5 Å². The molecule has 2 amide bonds. The number of rotatable bonds is 4. The number of nitrogens with zero attached hydrogens (tertiary/aromatic N) is 1. The van der Waals surface area contributed by atoms with E-state index < -0.39 is 11.5 Å². The maximum atomic E-state index is 13.4. The second-order valence-corrected chi connectivity index (χ2v) is 7.93. The van der Waals surface area contributed by atoms with Crippen molar-refractivity contribution < 1.29 is 18.7 Å². The third-order valence-electron chi connectivity index (χ3n) is 5.77. The van der Waals surface area contributed by atoms with Gasteiger partial charge in [0.2, 0.25) is 11.8 Å². The van der Waals surface area contributed by atoms with Crippen molar-refractivity contribution in [1.82, 2.24) is 5.32 Å². The number of nitrogens with one attached hydrogen (secondary N) is 1.